The summed E-state index contributed by atoms with van der Waals surface area (Å²) in [6.45, 7) is 6.98. The van der Waals surface area contributed by atoms with E-state index in [9.17, 15) is 13.2 Å². The second kappa shape index (κ2) is 8.06. The van der Waals surface area contributed by atoms with Gasteiger partial charge in [-0.2, -0.15) is 0 Å². The number of benzene rings is 2. The normalized spacial score (nSPS) is 16.2. The summed E-state index contributed by atoms with van der Waals surface area (Å²) in [5.74, 6) is 0. The summed E-state index contributed by atoms with van der Waals surface area (Å²) >= 11 is 0. The molecule has 3 rings (SSSR count). The summed E-state index contributed by atoms with van der Waals surface area (Å²) in [5, 5.41) is 5.94. The number of carbonyl (C=O) groups excluding carboxylic acids is 1. The number of nitrogens with one attached hydrogen (secondary N) is 3. The van der Waals surface area contributed by atoms with Gasteiger partial charge in [0.2, 0.25) is 10.0 Å². The third kappa shape index (κ3) is 5.73. The largest absolute Gasteiger partial charge is 0.334 e. The van der Waals surface area contributed by atoms with Gasteiger partial charge in [-0.05, 0) is 52.6 Å². The molecule has 1 aliphatic rings. The van der Waals surface area contributed by atoms with E-state index < -0.39 is 10.0 Å². The minimum atomic E-state index is -3.29. The third-order valence-corrected chi connectivity index (χ3v) is 5.71. The van der Waals surface area contributed by atoms with Crippen molar-refractivity contribution in [2.24, 2.45) is 0 Å². The molecule has 1 atom stereocenters. The molecule has 2 aromatic carbocycles. The maximum Gasteiger partial charge on any atom is 0.315 e. The Morgan fingerprint density at radius 2 is 1.79 bits per heavy atom. The molecule has 2 amide bonds. The quantitative estimate of drug-likeness (QED) is 0.693. The Bertz CT molecular complexity index is 993. The zero-order valence-electron chi connectivity index (χ0n) is 17.4. The first kappa shape index (κ1) is 21.2. The molecule has 3 N–H and O–H groups in total. The second-order valence-electron chi connectivity index (χ2n) is 8.65. The molecule has 0 aliphatic heterocycles. The van der Waals surface area contributed by atoms with Gasteiger partial charge in [0.15, 0.2) is 0 Å². The summed E-state index contributed by atoms with van der Waals surface area (Å²) in [7, 11) is -3.29. The number of aryl methyl sites for hydroxylation is 1. The lowest BCUT2D eigenvalue weighted by Gasteiger charge is -2.21. The van der Waals surface area contributed by atoms with Crippen LogP contribution in [-0.2, 0) is 28.4 Å². The van der Waals surface area contributed by atoms with E-state index in [2.05, 4.69) is 54.3 Å². The summed E-state index contributed by atoms with van der Waals surface area (Å²) in [6, 6.07) is 13.3. The maximum absolute atomic E-state index is 12.3. The molecule has 7 heteroatoms. The highest BCUT2D eigenvalue weighted by Crippen LogP contribution is 2.34. The Morgan fingerprint density at radius 3 is 2.41 bits per heavy atom. The van der Waals surface area contributed by atoms with Crippen LogP contribution in [0.3, 0.4) is 0 Å². The number of fused-ring (bicyclic) bond motifs is 1. The first-order valence-corrected chi connectivity index (χ1v) is 11.6. The molecule has 29 heavy (non-hydrogen) atoms. The predicted octanol–water partition coefficient (Wildman–Crippen LogP) is 3.84. The molecule has 0 spiro atoms. The smallest absolute Gasteiger partial charge is 0.315 e. The monoisotopic (exact) mass is 415 g/mol. The molecule has 0 heterocycles. The van der Waals surface area contributed by atoms with E-state index in [4.69, 9.17) is 0 Å². The molecule has 0 fully saturated rings. The van der Waals surface area contributed by atoms with E-state index in [-0.39, 0.29) is 17.5 Å². The average Bonchev–Trinajstić information content (AvgIpc) is 3.01. The molecule has 0 saturated carbocycles. The Labute approximate surface area is 173 Å². The molecule has 0 bridgehead atoms. The van der Waals surface area contributed by atoms with Crippen LogP contribution in [0.25, 0.3) is 0 Å². The molecule has 2 aromatic rings. The van der Waals surface area contributed by atoms with Gasteiger partial charge in [0, 0.05) is 12.2 Å². The van der Waals surface area contributed by atoms with Crippen LogP contribution in [0.2, 0.25) is 0 Å². The van der Waals surface area contributed by atoms with Crippen LogP contribution in [0, 0.1) is 0 Å². The van der Waals surface area contributed by atoms with Gasteiger partial charge in [0.25, 0.3) is 0 Å². The fourth-order valence-electron chi connectivity index (χ4n) is 3.53. The van der Waals surface area contributed by atoms with E-state index in [0.29, 0.717) is 12.2 Å². The summed E-state index contributed by atoms with van der Waals surface area (Å²) in [5.41, 5.74) is 5.33. The SMILES string of the molecule is CC(C)(C)c1ccc2c(c1)CCC2NC(=O)NCc1ccc(NS(C)(=O)=O)cc1. The minimum Gasteiger partial charge on any atom is -0.334 e. The van der Waals surface area contributed by atoms with E-state index >= 15 is 0 Å². The summed E-state index contributed by atoms with van der Waals surface area (Å²) in [6.07, 6.45) is 2.99. The number of anilines is 1. The zero-order chi connectivity index (χ0) is 21.2. The van der Waals surface area contributed by atoms with Crippen molar-refractivity contribution in [3.05, 3.63) is 64.7 Å². The van der Waals surface area contributed by atoms with Gasteiger partial charge in [-0.25, -0.2) is 13.2 Å². The Kier molecular flexibility index (Phi) is 5.89. The zero-order valence-corrected chi connectivity index (χ0v) is 18.2. The summed E-state index contributed by atoms with van der Waals surface area (Å²) in [4.78, 5) is 12.3. The molecule has 1 aliphatic carbocycles. The number of carbonyl (C=O) groups is 1. The highest BCUT2D eigenvalue weighted by molar-refractivity contribution is 7.92. The second-order valence-corrected chi connectivity index (χ2v) is 10.4. The number of hydrogen-bond acceptors (Lipinski definition) is 3. The topological polar surface area (TPSA) is 87.3 Å². The molecule has 0 aromatic heterocycles. The van der Waals surface area contributed by atoms with Crippen molar-refractivity contribution in [1.82, 2.24) is 10.6 Å². The average molecular weight is 416 g/mol. The lowest BCUT2D eigenvalue weighted by atomic mass is 9.85. The van der Waals surface area contributed by atoms with Gasteiger partial charge in [-0.1, -0.05) is 51.1 Å². The van der Waals surface area contributed by atoms with Crippen molar-refractivity contribution in [2.45, 2.75) is 51.6 Å². The molecule has 1 unspecified atom stereocenters. The standard InChI is InChI=1S/C22H29N3O3S/c1-22(2,3)17-8-11-19-16(13-17)7-12-20(19)24-21(26)23-14-15-5-9-18(10-6-15)25-29(4,27)28/h5-6,8-11,13,20,25H,7,12,14H2,1-4H3,(H2,23,24,26). The lowest BCUT2D eigenvalue weighted by Crippen LogP contribution is -2.36. The van der Waals surface area contributed by atoms with Gasteiger partial charge in [-0.15, -0.1) is 0 Å². The van der Waals surface area contributed by atoms with E-state index in [1.807, 2.05) is 0 Å². The molecule has 0 saturated heterocycles. The highest BCUT2D eigenvalue weighted by atomic mass is 32.2. The van der Waals surface area contributed by atoms with Crippen molar-refractivity contribution in [1.29, 1.82) is 0 Å². The number of urea groups is 1. The van der Waals surface area contributed by atoms with Crippen molar-refractivity contribution in [2.75, 3.05) is 11.0 Å². The number of amides is 2. The first-order valence-electron chi connectivity index (χ1n) is 9.76. The van der Waals surface area contributed by atoms with Crippen LogP contribution in [0.1, 0.15) is 55.5 Å². The number of sulfonamides is 1. The minimum absolute atomic E-state index is 0.0281. The van der Waals surface area contributed by atoms with Crippen molar-refractivity contribution >= 4 is 21.7 Å². The lowest BCUT2D eigenvalue weighted by molar-refractivity contribution is 0.236. The van der Waals surface area contributed by atoms with Gasteiger partial charge in [0.05, 0.1) is 12.3 Å². The Morgan fingerprint density at radius 1 is 1.10 bits per heavy atom. The summed E-state index contributed by atoms with van der Waals surface area (Å²) < 4.78 is 24.9. The van der Waals surface area contributed by atoms with Crippen molar-refractivity contribution < 1.29 is 13.2 Å². The van der Waals surface area contributed by atoms with Crippen LogP contribution in [0.5, 0.6) is 0 Å². The molecular weight excluding hydrogens is 386 g/mol. The van der Waals surface area contributed by atoms with E-state index in [1.54, 1.807) is 24.3 Å². The van der Waals surface area contributed by atoms with Crippen LogP contribution < -0.4 is 15.4 Å². The number of rotatable bonds is 5. The van der Waals surface area contributed by atoms with E-state index in [0.717, 1.165) is 24.7 Å². The number of hydrogen-bond donors (Lipinski definition) is 3. The molecule has 156 valence electrons. The highest BCUT2D eigenvalue weighted by Gasteiger charge is 2.25. The molecule has 0 radical (unpaired) electrons. The fourth-order valence-corrected chi connectivity index (χ4v) is 4.09. The molecule has 6 nitrogen and oxygen atoms in total. The molecular formula is C22H29N3O3S. The van der Waals surface area contributed by atoms with Crippen molar-refractivity contribution in [3.63, 3.8) is 0 Å². The maximum atomic E-state index is 12.3. The van der Waals surface area contributed by atoms with Crippen LogP contribution >= 0.6 is 0 Å². The third-order valence-electron chi connectivity index (χ3n) is 5.10. The fraction of sp³-hybridized carbons (Fsp3) is 0.409. The Hall–Kier alpha value is -2.54. The van der Waals surface area contributed by atoms with Gasteiger partial charge in [0.1, 0.15) is 0 Å². The van der Waals surface area contributed by atoms with Crippen LogP contribution in [0.4, 0.5) is 10.5 Å². The van der Waals surface area contributed by atoms with Gasteiger partial charge < -0.3 is 10.6 Å². The van der Waals surface area contributed by atoms with Crippen LogP contribution in [0.15, 0.2) is 42.5 Å². The first-order chi connectivity index (χ1) is 13.5. The predicted molar refractivity (Wildman–Crippen MR) is 116 cm³/mol. The van der Waals surface area contributed by atoms with Crippen LogP contribution in [-0.4, -0.2) is 20.7 Å². The van der Waals surface area contributed by atoms with Gasteiger partial charge >= 0.3 is 6.03 Å². The van der Waals surface area contributed by atoms with E-state index in [1.165, 1.54) is 16.7 Å². The van der Waals surface area contributed by atoms with Crippen molar-refractivity contribution in [3.8, 4) is 0 Å². The Balaban J connectivity index is 1.55. The van der Waals surface area contributed by atoms with Gasteiger partial charge in [-0.3, -0.25) is 4.72 Å².